The van der Waals surface area contributed by atoms with E-state index in [1.807, 2.05) is 12.1 Å². The van der Waals surface area contributed by atoms with Gasteiger partial charge >= 0.3 is 0 Å². The Balaban J connectivity index is 1.75. The number of nitrogens with two attached hydrogens (primary N) is 1. The molecule has 0 aliphatic carbocycles. The molecule has 0 saturated carbocycles. The molecule has 3 aromatic rings. The smallest absolute Gasteiger partial charge is 0.266 e. The Kier molecular flexibility index (Phi) is 4.47. The van der Waals surface area contributed by atoms with Crippen LogP contribution in [-0.2, 0) is 6.54 Å². The van der Waals surface area contributed by atoms with Gasteiger partial charge in [-0.05, 0) is 35.9 Å². The van der Waals surface area contributed by atoms with Crippen LogP contribution in [0.4, 0.5) is 19.1 Å². The first-order chi connectivity index (χ1) is 13.4. The molecule has 1 fully saturated rings. The lowest BCUT2D eigenvalue weighted by Crippen LogP contribution is -2.55. The number of imidazole rings is 1. The highest BCUT2D eigenvalue weighted by molar-refractivity contribution is 5.79. The van der Waals surface area contributed by atoms with E-state index in [0.29, 0.717) is 29.1 Å². The van der Waals surface area contributed by atoms with E-state index in [-0.39, 0.29) is 19.5 Å². The summed E-state index contributed by atoms with van der Waals surface area (Å²) in [7, 11) is 0. The SMILES string of the molecule is N#Cc1ccc(Cn2c(N3CCC(F)(F)[C@@H](N)C3)nc3ccc(F)cc32)cc1. The van der Waals surface area contributed by atoms with Crippen LogP contribution in [-0.4, -0.2) is 34.6 Å². The summed E-state index contributed by atoms with van der Waals surface area (Å²) in [4.78, 5) is 6.28. The summed E-state index contributed by atoms with van der Waals surface area (Å²) < 4.78 is 43.3. The lowest BCUT2D eigenvalue weighted by molar-refractivity contribution is -0.0395. The van der Waals surface area contributed by atoms with E-state index in [0.717, 1.165) is 5.56 Å². The van der Waals surface area contributed by atoms with E-state index in [9.17, 15) is 13.2 Å². The van der Waals surface area contributed by atoms with E-state index in [4.69, 9.17) is 11.0 Å². The molecule has 1 atom stereocenters. The molecule has 2 N–H and O–H groups in total. The molecule has 0 unspecified atom stereocenters. The molecule has 0 spiro atoms. The summed E-state index contributed by atoms with van der Waals surface area (Å²) >= 11 is 0. The Bertz CT molecular complexity index is 1050. The first kappa shape index (κ1) is 18.3. The van der Waals surface area contributed by atoms with E-state index < -0.39 is 17.8 Å². The van der Waals surface area contributed by atoms with Gasteiger partial charge in [0.05, 0.1) is 35.3 Å². The Morgan fingerprint density at radius 3 is 2.64 bits per heavy atom. The van der Waals surface area contributed by atoms with Gasteiger partial charge in [0, 0.05) is 19.5 Å². The first-order valence-corrected chi connectivity index (χ1v) is 8.90. The Morgan fingerprint density at radius 2 is 1.96 bits per heavy atom. The van der Waals surface area contributed by atoms with Crippen molar-refractivity contribution in [3.05, 3.63) is 59.4 Å². The number of fused-ring (bicyclic) bond motifs is 1. The maximum absolute atomic E-state index is 13.9. The standard InChI is InChI=1S/C20H18F3N5/c21-15-5-6-16-17(9-15)28(11-14-3-1-13(10-24)2-4-14)19(26-16)27-8-7-20(22,23)18(25)12-27/h1-6,9,18H,7-8,11-12,25H2/t18-/m0/s1. The predicted octanol–water partition coefficient (Wildman–Crippen LogP) is 3.27. The van der Waals surface area contributed by atoms with Gasteiger partial charge in [0.15, 0.2) is 0 Å². The van der Waals surface area contributed by atoms with Crippen molar-refractivity contribution in [3.8, 4) is 6.07 Å². The van der Waals surface area contributed by atoms with Crippen LogP contribution in [0.2, 0.25) is 0 Å². The van der Waals surface area contributed by atoms with E-state index in [2.05, 4.69) is 11.1 Å². The number of nitriles is 1. The molecule has 2 aromatic carbocycles. The highest BCUT2D eigenvalue weighted by Gasteiger charge is 2.42. The van der Waals surface area contributed by atoms with E-state index in [1.165, 1.54) is 12.1 Å². The lowest BCUT2D eigenvalue weighted by Gasteiger charge is -2.37. The summed E-state index contributed by atoms with van der Waals surface area (Å²) in [5, 5.41) is 8.95. The number of piperidine rings is 1. The van der Waals surface area contributed by atoms with Crippen LogP contribution < -0.4 is 10.6 Å². The van der Waals surface area contributed by atoms with Gasteiger partial charge < -0.3 is 15.2 Å². The van der Waals surface area contributed by atoms with Crippen molar-refractivity contribution in [1.82, 2.24) is 9.55 Å². The normalized spacial score (nSPS) is 19.0. The molecule has 0 bridgehead atoms. The van der Waals surface area contributed by atoms with Gasteiger partial charge in [0.2, 0.25) is 5.95 Å². The van der Waals surface area contributed by atoms with Crippen LogP contribution in [0.25, 0.3) is 11.0 Å². The topological polar surface area (TPSA) is 70.9 Å². The zero-order valence-corrected chi connectivity index (χ0v) is 14.9. The molecule has 0 amide bonds. The van der Waals surface area contributed by atoms with Crippen molar-refractivity contribution in [2.75, 3.05) is 18.0 Å². The average Bonchev–Trinajstić information content (AvgIpc) is 3.02. The Labute approximate surface area is 159 Å². The fourth-order valence-electron chi connectivity index (χ4n) is 3.46. The van der Waals surface area contributed by atoms with Crippen molar-refractivity contribution in [1.29, 1.82) is 5.26 Å². The average molecular weight is 385 g/mol. The zero-order chi connectivity index (χ0) is 19.9. The number of alkyl halides is 2. The largest absolute Gasteiger partial charge is 0.340 e. The van der Waals surface area contributed by atoms with Gasteiger partial charge in [-0.2, -0.15) is 5.26 Å². The molecular formula is C20H18F3N5. The van der Waals surface area contributed by atoms with Crippen molar-refractivity contribution < 1.29 is 13.2 Å². The number of nitrogens with zero attached hydrogens (tertiary/aromatic N) is 4. The van der Waals surface area contributed by atoms with Gasteiger partial charge in [-0.3, -0.25) is 0 Å². The second kappa shape index (κ2) is 6.84. The maximum atomic E-state index is 13.9. The second-order valence-electron chi connectivity index (χ2n) is 7.00. The molecule has 5 nitrogen and oxygen atoms in total. The van der Waals surface area contributed by atoms with Crippen LogP contribution in [0.1, 0.15) is 17.5 Å². The maximum Gasteiger partial charge on any atom is 0.266 e. The van der Waals surface area contributed by atoms with E-state index in [1.54, 1.807) is 27.7 Å². The molecular weight excluding hydrogens is 367 g/mol. The lowest BCUT2D eigenvalue weighted by atomic mass is 10.0. The van der Waals surface area contributed by atoms with Crippen LogP contribution in [0, 0.1) is 17.1 Å². The zero-order valence-electron chi connectivity index (χ0n) is 14.9. The van der Waals surface area contributed by atoms with Crippen molar-refractivity contribution >= 4 is 17.0 Å². The predicted molar refractivity (Wildman–Crippen MR) is 99.7 cm³/mol. The summed E-state index contributed by atoms with van der Waals surface area (Å²) in [6.07, 6.45) is -0.359. The third kappa shape index (κ3) is 3.29. The molecule has 28 heavy (non-hydrogen) atoms. The number of aromatic nitrogens is 2. The monoisotopic (exact) mass is 385 g/mol. The van der Waals surface area contributed by atoms with Crippen LogP contribution >= 0.6 is 0 Å². The van der Waals surface area contributed by atoms with Gasteiger partial charge in [-0.1, -0.05) is 12.1 Å². The molecule has 144 valence electrons. The third-order valence-corrected chi connectivity index (χ3v) is 5.07. The number of hydrogen-bond acceptors (Lipinski definition) is 4. The van der Waals surface area contributed by atoms with Gasteiger partial charge in [0.1, 0.15) is 5.82 Å². The Morgan fingerprint density at radius 1 is 1.21 bits per heavy atom. The van der Waals surface area contributed by atoms with Gasteiger partial charge in [-0.15, -0.1) is 0 Å². The number of benzene rings is 2. The Hall–Kier alpha value is -3.05. The minimum Gasteiger partial charge on any atom is -0.340 e. The summed E-state index contributed by atoms with van der Waals surface area (Å²) in [6, 6.07) is 12.1. The number of halogens is 3. The third-order valence-electron chi connectivity index (χ3n) is 5.07. The fraction of sp³-hybridized carbons (Fsp3) is 0.300. The molecule has 2 heterocycles. The first-order valence-electron chi connectivity index (χ1n) is 8.90. The highest BCUT2D eigenvalue weighted by Crippen LogP contribution is 2.32. The minimum atomic E-state index is -2.91. The second-order valence-corrected chi connectivity index (χ2v) is 7.00. The van der Waals surface area contributed by atoms with Crippen molar-refractivity contribution in [2.45, 2.75) is 24.9 Å². The molecule has 1 aliphatic rings. The van der Waals surface area contributed by atoms with Crippen LogP contribution in [0.5, 0.6) is 0 Å². The van der Waals surface area contributed by atoms with Gasteiger partial charge in [0.25, 0.3) is 5.92 Å². The number of anilines is 1. The highest BCUT2D eigenvalue weighted by atomic mass is 19.3. The van der Waals surface area contributed by atoms with E-state index >= 15 is 0 Å². The summed E-state index contributed by atoms with van der Waals surface area (Å²) in [6.45, 7) is 0.440. The molecule has 0 radical (unpaired) electrons. The number of hydrogen-bond donors (Lipinski definition) is 1. The van der Waals surface area contributed by atoms with Crippen molar-refractivity contribution in [2.24, 2.45) is 5.73 Å². The van der Waals surface area contributed by atoms with Gasteiger partial charge in [-0.25, -0.2) is 18.2 Å². The molecule has 1 saturated heterocycles. The van der Waals surface area contributed by atoms with Crippen LogP contribution in [0.3, 0.4) is 0 Å². The minimum absolute atomic E-state index is 0.0355. The van der Waals surface area contributed by atoms with Crippen LogP contribution in [0.15, 0.2) is 42.5 Å². The molecule has 8 heteroatoms. The van der Waals surface area contributed by atoms with Crippen molar-refractivity contribution in [3.63, 3.8) is 0 Å². The quantitative estimate of drug-likeness (QED) is 0.751. The fourth-order valence-corrected chi connectivity index (χ4v) is 3.46. The number of rotatable bonds is 3. The summed E-state index contributed by atoms with van der Waals surface area (Å²) in [5.74, 6) is -2.83. The molecule has 1 aromatic heterocycles. The molecule has 1 aliphatic heterocycles. The molecule has 4 rings (SSSR count). The summed E-state index contributed by atoms with van der Waals surface area (Å²) in [5.41, 5.74) is 8.25.